The van der Waals surface area contributed by atoms with Crippen LogP contribution >= 0.6 is 0 Å². The van der Waals surface area contributed by atoms with Crippen LogP contribution < -0.4 is 10.1 Å². The molecule has 26 heavy (non-hydrogen) atoms. The number of rotatable bonds is 6. The van der Waals surface area contributed by atoms with Crippen LogP contribution in [0.15, 0.2) is 48.5 Å². The SMILES string of the molecule is O=C(O)CN(CCc1ccccc1)C(=O)c1cccc2c1OCC(=O)N2. The van der Waals surface area contributed by atoms with Crippen LogP contribution in [-0.2, 0) is 16.0 Å². The van der Waals surface area contributed by atoms with Crippen molar-refractivity contribution in [2.75, 3.05) is 25.0 Å². The monoisotopic (exact) mass is 354 g/mol. The molecule has 3 rings (SSSR count). The van der Waals surface area contributed by atoms with Gasteiger partial charge in [0.25, 0.3) is 11.8 Å². The van der Waals surface area contributed by atoms with Gasteiger partial charge >= 0.3 is 5.97 Å². The van der Waals surface area contributed by atoms with Gasteiger partial charge in [-0.1, -0.05) is 36.4 Å². The van der Waals surface area contributed by atoms with Gasteiger partial charge in [0.05, 0.1) is 11.3 Å². The zero-order valence-corrected chi connectivity index (χ0v) is 14.0. The number of fused-ring (bicyclic) bond motifs is 1. The summed E-state index contributed by atoms with van der Waals surface area (Å²) in [6.45, 7) is -0.340. The Bertz CT molecular complexity index is 835. The van der Waals surface area contributed by atoms with E-state index < -0.39 is 18.4 Å². The minimum absolute atomic E-state index is 0.180. The molecule has 0 saturated carbocycles. The van der Waals surface area contributed by atoms with Gasteiger partial charge in [0.2, 0.25) is 0 Å². The second kappa shape index (κ2) is 7.69. The minimum Gasteiger partial charge on any atom is -0.481 e. The molecule has 0 aliphatic carbocycles. The second-order valence-corrected chi connectivity index (χ2v) is 5.88. The largest absolute Gasteiger partial charge is 0.481 e. The molecule has 7 nitrogen and oxygen atoms in total. The van der Waals surface area contributed by atoms with Crippen molar-refractivity contribution >= 4 is 23.5 Å². The van der Waals surface area contributed by atoms with Gasteiger partial charge in [0.15, 0.2) is 12.4 Å². The van der Waals surface area contributed by atoms with Crippen molar-refractivity contribution < 1.29 is 24.2 Å². The lowest BCUT2D eigenvalue weighted by Gasteiger charge is -2.25. The first-order valence-corrected chi connectivity index (χ1v) is 8.15. The third kappa shape index (κ3) is 4.00. The van der Waals surface area contributed by atoms with Gasteiger partial charge in [-0.15, -0.1) is 0 Å². The molecule has 0 aromatic heterocycles. The molecule has 2 aromatic rings. The Balaban J connectivity index is 1.82. The number of carboxylic acid groups (broad SMARTS) is 1. The molecular weight excluding hydrogens is 336 g/mol. The molecule has 0 saturated heterocycles. The molecule has 7 heteroatoms. The molecule has 1 aliphatic rings. The van der Waals surface area contributed by atoms with E-state index in [0.717, 1.165) is 5.56 Å². The molecule has 0 fully saturated rings. The molecule has 134 valence electrons. The topological polar surface area (TPSA) is 95.9 Å². The van der Waals surface area contributed by atoms with Gasteiger partial charge in [-0.3, -0.25) is 14.4 Å². The second-order valence-electron chi connectivity index (χ2n) is 5.88. The maximum atomic E-state index is 12.9. The number of carboxylic acids is 1. The molecule has 0 radical (unpaired) electrons. The fourth-order valence-electron chi connectivity index (χ4n) is 2.78. The average Bonchev–Trinajstić information content (AvgIpc) is 2.64. The van der Waals surface area contributed by atoms with Crippen LogP contribution in [0.4, 0.5) is 5.69 Å². The lowest BCUT2D eigenvalue weighted by Crippen LogP contribution is -2.38. The Labute approximate surface area is 150 Å². The molecule has 2 N–H and O–H groups in total. The first kappa shape index (κ1) is 17.5. The Morgan fingerprint density at radius 2 is 1.88 bits per heavy atom. The Morgan fingerprint density at radius 1 is 1.12 bits per heavy atom. The Kier molecular flexibility index (Phi) is 5.17. The Morgan fingerprint density at radius 3 is 2.62 bits per heavy atom. The zero-order valence-electron chi connectivity index (χ0n) is 14.0. The van der Waals surface area contributed by atoms with Crippen LogP contribution in [0.1, 0.15) is 15.9 Å². The summed E-state index contributed by atoms with van der Waals surface area (Å²) in [4.78, 5) is 36.8. The summed E-state index contributed by atoms with van der Waals surface area (Å²) in [6, 6.07) is 14.3. The molecule has 1 aliphatic heterocycles. The first-order chi connectivity index (χ1) is 12.5. The summed E-state index contributed by atoms with van der Waals surface area (Å²) in [5.41, 5.74) is 1.65. The highest BCUT2D eigenvalue weighted by Gasteiger charge is 2.26. The van der Waals surface area contributed by atoms with Crippen LogP contribution in [-0.4, -0.2) is 47.5 Å². The molecule has 0 bridgehead atoms. The zero-order chi connectivity index (χ0) is 18.5. The summed E-state index contributed by atoms with van der Waals surface area (Å²) >= 11 is 0. The fourth-order valence-corrected chi connectivity index (χ4v) is 2.78. The highest BCUT2D eigenvalue weighted by molar-refractivity contribution is 6.03. The van der Waals surface area contributed by atoms with E-state index in [-0.39, 0.29) is 30.4 Å². The molecule has 0 atom stereocenters. The predicted octanol–water partition coefficient (Wildman–Crippen LogP) is 1.79. The summed E-state index contributed by atoms with van der Waals surface area (Å²) in [7, 11) is 0. The van der Waals surface area contributed by atoms with Gasteiger partial charge in [0.1, 0.15) is 6.54 Å². The predicted molar refractivity (Wildman–Crippen MR) is 94.3 cm³/mol. The van der Waals surface area contributed by atoms with E-state index in [1.165, 1.54) is 4.90 Å². The molecular formula is C19H18N2O5. The summed E-state index contributed by atoms with van der Waals surface area (Å²) in [5, 5.41) is 11.8. The number of anilines is 1. The molecule has 0 unspecified atom stereocenters. The van der Waals surface area contributed by atoms with Gasteiger partial charge in [-0.05, 0) is 24.1 Å². The molecule has 2 aromatic carbocycles. The third-order valence-corrected chi connectivity index (χ3v) is 3.99. The van der Waals surface area contributed by atoms with Crippen LogP contribution in [0, 0.1) is 0 Å². The van der Waals surface area contributed by atoms with Gasteiger partial charge < -0.3 is 20.1 Å². The number of nitrogens with one attached hydrogen (secondary N) is 1. The normalized spacial score (nSPS) is 12.5. The number of carbonyl (C=O) groups excluding carboxylic acids is 2. The number of ether oxygens (including phenoxy) is 1. The Hall–Kier alpha value is -3.35. The maximum absolute atomic E-state index is 12.9. The molecule has 0 spiro atoms. The van der Waals surface area contributed by atoms with Crippen molar-refractivity contribution in [3.8, 4) is 5.75 Å². The van der Waals surface area contributed by atoms with Gasteiger partial charge in [-0.25, -0.2) is 0 Å². The van der Waals surface area contributed by atoms with Crippen molar-refractivity contribution in [3.05, 3.63) is 59.7 Å². The average molecular weight is 354 g/mol. The van der Waals surface area contributed by atoms with E-state index in [9.17, 15) is 14.4 Å². The molecule has 2 amide bonds. The van der Waals surface area contributed by atoms with Crippen LogP contribution in [0.5, 0.6) is 5.75 Å². The van der Waals surface area contributed by atoms with Gasteiger partial charge in [-0.2, -0.15) is 0 Å². The highest BCUT2D eigenvalue weighted by Crippen LogP contribution is 2.32. The maximum Gasteiger partial charge on any atom is 0.323 e. The van der Waals surface area contributed by atoms with Crippen molar-refractivity contribution in [2.45, 2.75) is 6.42 Å². The number of hydrogen-bond acceptors (Lipinski definition) is 4. The number of hydrogen-bond donors (Lipinski definition) is 2. The van der Waals surface area contributed by atoms with Crippen molar-refractivity contribution in [3.63, 3.8) is 0 Å². The van der Waals surface area contributed by atoms with Crippen molar-refractivity contribution in [1.29, 1.82) is 0 Å². The number of aliphatic carboxylic acids is 1. The first-order valence-electron chi connectivity index (χ1n) is 8.15. The number of amides is 2. The lowest BCUT2D eigenvalue weighted by atomic mass is 10.1. The summed E-state index contributed by atoms with van der Waals surface area (Å²) < 4.78 is 5.40. The molecule has 1 heterocycles. The summed E-state index contributed by atoms with van der Waals surface area (Å²) in [5.74, 6) is -1.57. The van der Waals surface area contributed by atoms with E-state index >= 15 is 0 Å². The number of para-hydroxylation sites is 1. The van der Waals surface area contributed by atoms with Crippen molar-refractivity contribution in [1.82, 2.24) is 4.90 Å². The smallest absolute Gasteiger partial charge is 0.323 e. The third-order valence-electron chi connectivity index (χ3n) is 3.99. The van der Waals surface area contributed by atoms with E-state index in [0.29, 0.717) is 12.1 Å². The highest BCUT2D eigenvalue weighted by atomic mass is 16.5. The number of nitrogens with zero attached hydrogens (tertiary/aromatic N) is 1. The quantitative estimate of drug-likeness (QED) is 0.824. The standard InChI is InChI=1S/C19H18N2O5/c22-16-12-26-18-14(7-4-8-15(18)20-16)19(25)21(11-17(23)24)10-9-13-5-2-1-3-6-13/h1-8H,9-12H2,(H,20,22)(H,23,24). The van der Waals surface area contributed by atoms with Crippen LogP contribution in [0.25, 0.3) is 0 Å². The van der Waals surface area contributed by atoms with E-state index in [2.05, 4.69) is 5.32 Å². The van der Waals surface area contributed by atoms with E-state index in [4.69, 9.17) is 9.84 Å². The number of benzene rings is 2. The van der Waals surface area contributed by atoms with Crippen LogP contribution in [0.3, 0.4) is 0 Å². The minimum atomic E-state index is -1.09. The summed E-state index contributed by atoms with van der Waals surface area (Å²) in [6.07, 6.45) is 0.534. The van der Waals surface area contributed by atoms with Gasteiger partial charge in [0, 0.05) is 6.54 Å². The fraction of sp³-hybridized carbons (Fsp3) is 0.211. The van der Waals surface area contributed by atoms with E-state index in [1.807, 2.05) is 30.3 Å². The van der Waals surface area contributed by atoms with E-state index in [1.54, 1.807) is 18.2 Å². The van der Waals surface area contributed by atoms with Crippen molar-refractivity contribution in [2.24, 2.45) is 0 Å². The number of carbonyl (C=O) groups is 3. The van der Waals surface area contributed by atoms with Crippen LogP contribution in [0.2, 0.25) is 0 Å². The lowest BCUT2D eigenvalue weighted by molar-refractivity contribution is -0.137.